The SMILES string of the molecule is CCC[n+]1cccc(-c2nc3ccc(Cl)cc3s2)c1. The fourth-order valence-electron chi connectivity index (χ4n) is 2.07. The molecule has 0 unspecified atom stereocenters. The van der Waals surface area contributed by atoms with Crippen molar-refractivity contribution in [2.24, 2.45) is 0 Å². The summed E-state index contributed by atoms with van der Waals surface area (Å²) in [6.45, 7) is 3.21. The summed E-state index contributed by atoms with van der Waals surface area (Å²) in [5, 5.41) is 1.81. The Bertz CT molecular complexity index is 721. The summed E-state index contributed by atoms with van der Waals surface area (Å²) in [5.74, 6) is 0. The third kappa shape index (κ3) is 2.62. The van der Waals surface area contributed by atoms with Crippen LogP contribution < -0.4 is 4.57 Å². The molecule has 4 heteroatoms. The van der Waals surface area contributed by atoms with Gasteiger partial charge >= 0.3 is 0 Å². The molecule has 3 rings (SSSR count). The van der Waals surface area contributed by atoms with Crippen molar-refractivity contribution in [1.29, 1.82) is 0 Å². The van der Waals surface area contributed by atoms with Crippen molar-refractivity contribution < 1.29 is 4.57 Å². The monoisotopic (exact) mass is 289 g/mol. The van der Waals surface area contributed by atoms with E-state index in [1.165, 1.54) is 0 Å². The molecule has 0 atom stereocenters. The maximum atomic E-state index is 6.02. The standard InChI is InChI=1S/C15H14ClN2S/c1-2-7-18-8-3-4-11(10-18)15-17-13-6-5-12(16)9-14(13)19-15/h3-6,8-10H,2,7H2,1H3/q+1. The number of aryl methyl sites for hydroxylation is 1. The van der Waals surface area contributed by atoms with Gasteiger partial charge in [-0.2, -0.15) is 0 Å². The van der Waals surface area contributed by atoms with Crippen LogP contribution in [-0.4, -0.2) is 4.98 Å². The molecule has 0 bridgehead atoms. The molecule has 0 amide bonds. The Balaban J connectivity index is 2.05. The molecule has 0 aliphatic carbocycles. The maximum absolute atomic E-state index is 6.02. The third-order valence-electron chi connectivity index (χ3n) is 2.94. The van der Waals surface area contributed by atoms with Crippen LogP contribution in [0.1, 0.15) is 13.3 Å². The van der Waals surface area contributed by atoms with Crippen molar-refractivity contribution in [3.63, 3.8) is 0 Å². The highest BCUT2D eigenvalue weighted by atomic mass is 35.5. The molecule has 0 radical (unpaired) electrons. The maximum Gasteiger partial charge on any atom is 0.179 e. The molecule has 96 valence electrons. The smallest absolute Gasteiger partial charge is 0.179 e. The lowest BCUT2D eigenvalue weighted by atomic mass is 10.3. The first-order valence-electron chi connectivity index (χ1n) is 6.32. The molecule has 0 aliphatic rings. The van der Waals surface area contributed by atoms with Crippen LogP contribution in [0.5, 0.6) is 0 Å². The topological polar surface area (TPSA) is 16.8 Å². The molecule has 0 saturated heterocycles. The van der Waals surface area contributed by atoms with Gasteiger partial charge in [-0.15, -0.1) is 11.3 Å². The van der Waals surface area contributed by atoms with Gasteiger partial charge in [0.25, 0.3) is 0 Å². The molecular formula is C15H14ClN2S+. The van der Waals surface area contributed by atoms with Gasteiger partial charge in [0, 0.05) is 17.5 Å². The van der Waals surface area contributed by atoms with Gasteiger partial charge in [0.05, 0.1) is 15.8 Å². The lowest BCUT2D eigenvalue weighted by Crippen LogP contribution is -2.32. The van der Waals surface area contributed by atoms with Crippen LogP contribution in [0.3, 0.4) is 0 Å². The van der Waals surface area contributed by atoms with Crippen LogP contribution in [-0.2, 0) is 6.54 Å². The second-order valence-electron chi connectivity index (χ2n) is 4.46. The van der Waals surface area contributed by atoms with Crippen LogP contribution in [0.4, 0.5) is 0 Å². The highest BCUT2D eigenvalue weighted by molar-refractivity contribution is 7.21. The first-order chi connectivity index (χ1) is 9.26. The first kappa shape index (κ1) is 12.6. The zero-order chi connectivity index (χ0) is 13.2. The van der Waals surface area contributed by atoms with E-state index in [2.05, 4.69) is 41.0 Å². The highest BCUT2D eigenvalue weighted by Crippen LogP contribution is 2.30. The molecule has 19 heavy (non-hydrogen) atoms. The van der Waals surface area contributed by atoms with Crippen LogP contribution in [0.25, 0.3) is 20.8 Å². The molecule has 2 aromatic heterocycles. The summed E-state index contributed by atoms with van der Waals surface area (Å²) >= 11 is 7.70. The quantitative estimate of drug-likeness (QED) is 0.656. The molecule has 0 saturated carbocycles. The van der Waals surface area contributed by atoms with Crippen LogP contribution in [0, 0.1) is 0 Å². The Hall–Kier alpha value is -1.45. The molecule has 0 N–H and O–H groups in total. The van der Waals surface area contributed by atoms with E-state index in [1.807, 2.05) is 18.2 Å². The van der Waals surface area contributed by atoms with E-state index in [-0.39, 0.29) is 0 Å². The Morgan fingerprint density at radius 2 is 2.21 bits per heavy atom. The Kier molecular flexibility index (Phi) is 3.49. The van der Waals surface area contributed by atoms with Crippen molar-refractivity contribution in [2.45, 2.75) is 19.9 Å². The second kappa shape index (κ2) is 5.27. The van der Waals surface area contributed by atoms with Crippen molar-refractivity contribution in [3.8, 4) is 10.6 Å². The number of pyridine rings is 1. The molecule has 3 aromatic rings. The number of hydrogen-bond donors (Lipinski definition) is 0. The Morgan fingerprint density at radius 3 is 3.05 bits per heavy atom. The third-order valence-corrected chi connectivity index (χ3v) is 4.24. The first-order valence-corrected chi connectivity index (χ1v) is 7.51. The van der Waals surface area contributed by atoms with E-state index in [0.29, 0.717) is 0 Å². The van der Waals surface area contributed by atoms with Gasteiger partial charge in [0.15, 0.2) is 12.4 Å². The average molecular weight is 290 g/mol. The Morgan fingerprint density at radius 1 is 1.32 bits per heavy atom. The van der Waals surface area contributed by atoms with Gasteiger partial charge in [0.2, 0.25) is 0 Å². The van der Waals surface area contributed by atoms with Gasteiger partial charge in [-0.1, -0.05) is 18.5 Å². The van der Waals surface area contributed by atoms with E-state index in [1.54, 1.807) is 11.3 Å². The Labute approximate surface area is 121 Å². The zero-order valence-corrected chi connectivity index (χ0v) is 12.2. The normalized spacial score (nSPS) is 11.1. The number of fused-ring (bicyclic) bond motifs is 1. The number of benzene rings is 1. The highest BCUT2D eigenvalue weighted by Gasteiger charge is 2.10. The van der Waals surface area contributed by atoms with Gasteiger partial charge < -0.3 is 0 Å². The second-order valence-corrected chi connectivity index (χ2v) is 5.93. The van der Waals surface area contributed by atoms with Crippen molar-refractivity contribution in [1.82, 2.24) is 4.98 Å². The minimum absolute atomic E-state index is 0.761. The lowest BCUT2D eigenvalue weighted by molar-refractivity contribution is -0.696. The number of nitrogens with zero attached hydrogens (tertiary/aromatic N) is 2. The minimum Gasteiger partial charge on any atom is -0.236 e. The molecule has 2 heterocycles. The van der Waals surface area contributed by atoms with Crippen molar-refractivity contribution >= 4 is 33.2 Å². The fraction of sp³-hybridized carbons (Fsp3) is 0.200. The number of thiazole rings is 1. The van der Waals surface area contributed by atoms with Crippen LogP contribution in [0.2, 0.25) is 5.02 Å². The van der Waals surface area contributed by atoms with Crippen LogP contribution in [0.15, 0.2) is 42.7 Å². The van der Waals surface area contributed by atoms with Crippen molar-refractivity contribution in [2.75, 3.05) is 0 Å². The minimum atomic E-state index is 0.761. The predicted molar refractivity (Wildman–Crippen MR) is 80.6 cm³/mol. The molecule has 0 fully saturated rings. The average Bonchev–Trinajstić information content (AvgIpc) is 2.82. The molecule has 1 aromatic carbocycles. The zero-order valence-electron chi connectivity index (χ0n) is 10.6. The van der Waals surface area contributed by atoms with E-state index in [9.17, 15) is 0 Å². The van der Waals surface area contributed by atoms with E-state index in [0.717, 1.165) is 38.8 Å². The van der Waals surface area contributed by atoms with Gasteiger partial charge in [0.1, 0.15) is 11.6 Å². The number of halogens is 1. The lowest BCUT2D eigenvalue weighted by Gasteiger charge is -1.96. The number of hydrogen-bond acceptors (Lipinski definition) is 2. The van der Waals surface area contributed by atoms with Crippen molar-refractivity contribution in [3.05, 3.63) is 47.7 Å². The van der Waals surface area contributed by atoms with Gasteiger partial charge in [-0.25, -0.2) is 9.55 Å². The summed E-state index contributed by atoms with van der Waals surface area (Å²) in [5.41, 5.74) is 2.17. The summed E-state index contributed by atoms with van der Waals surface area (Å²) in [4.78, 5) is 4.67. The molecule has 0 spiro atoms. The molecule has 2 nitrogen and oxygen atoms in total. The summed E-state index contributed by atoms with van der Waals surface area (Å²) < 4.78 is 3.34. The fourth-order valence-corrected chi connectivity index (χ4v) is 3.30. The number of rotatable bonds is 3. The van der Waals surface area contributed by atoms with E-state index in [4.69, 9.17) is 11.6 Å². The predicted octanol–water partition coefficient (Wildman–Crippen LogP) is 4.31. The van der Waals surface area contributed by atoms with Gasteiger partial charge in [-0.3, -0.25) is 0 Å². The van der Waals surface area contributed by atoms with E-state index >= 15 is 0 Å². The molecule has 0 aliphatic heterocycles. The summed E-state index contributed by atoms with van der Waals surface area (Å²) in [6, 6.07) is 10.0. The van der Waals surface area contributed by atoms with E-state index < -0.39 is 0 Å². The molecular weight excluding hydrogens is 276 g/mol. The summed E-state index contributed by atoms with van der Waals surface area (Å²) in [7, 11) is 0. The van der Waals surface area contributed by atoms with Crippen LogP contribution >= 0.6 is 22.9 Å². The number of aromatic nitrogens is 2. The van der Waals surface area contributed by atoms with Gasteiger partial charge in [-0.05, 0) is 24.3 Å². The largest absolute Gasteiger partial charge is 0.236 e. The summed E-state index contributed by atoms with van der Waals surface area (Å²) in [6.07, 6.45) is 5.38.